The second-order valence-corrected chi connectivity index (χ2v) is 18.6. The van der Waals surface area contributed by atoms with Crippen LogP contribution in [0.3, 0.4) is 0 Å². The number of aliphatic hydroxyl groups excluding tert-OH is 2. The highest BCUT2D eigenvalue weighted by Crippen LogP contribution is 2.50. The standard InChI is InChI=1S/C43H45N5O15S.CH4O/c1-44-15-36(51)45-31-9-22(3-6-33(31)63-37-11-24(50)10-25(17-49)62-37)18-58-43(54)47(7-8-64(2,55)56)20-59-40-26-12-32-39-28(16-48(32)41(52)29(26)19-57-42(40)53)38(23-4-5-23)27-13-34-35(61-21-60-34)14-30(27)46-39;1-2/h3,6,9,12-14,17,23-25,37,40,44,50H,4-5,7-8,10-11,15-16,18-21H2,1-2H3,(H,45,51);2H,1H3. The van der Waals surface area contributed by atoms with Crippen LogP contribution in [0, 0.1) is 0 Å². The van der Waals surface area contributed by atoms with Crippen molar-refractivity contribution in [2.45, 2.75) is 76.0 Å². The Labute approximate surface area is 377 Å². The van der Waals surface area contributed by atoms with E-state index in [4.69, 9.17) is 43.2 Å². The monoisotopic (exact) mass is 935 g/mol. The molecule has 66 heavy (non-hydrogen) atoms. The smallest absolute Gasteiger partial charge is 0.411 e. The van der Waals surface area contributed by atoms with Crippen LogP contribution in [0.2, 0.25) is 0 Å². The average molecular weight is 936 g/mol. The number of nitrogens with zero attached hydrogens (tertiary/aromatic N) is 3. The third kappa shape index (κ3) is 9.83. The average Bonchev–Trinajstić information content (AvgIpc) is 3.91. The second kappa shape index (κ2) is 19.4. The number of anilines is 1. The van der Waals surface area contributed by atoms with Gasteiger partial charge in [-0.3, -0.25) is 14.5 Å². The number of rotatable bonds is 15. The second-order valence-electron chi connectivity index (χ2n) is 16.3. The number of carbonyl (C=O) groups is 4. The third-order valence-electron chi connectivity index (χ3n) is 11.6. The molecule has 0 bridgehead atoms. The highest BCUT2D eigenvalue weighted by atomic mass is 32.2. The van der Waals surface area contributed by atoms with Crippen LogP contribution in [0.15, 0.2) is 41.2 Å². The molecule has 2 aromatic carbocycles. The number of hydrogen-bond donors (Lipinski definition) is 4. The molecular weight excluding hydrogens is 887 g/mol. The Balaban J connectivity index is 0.00000292. The number of likely N-dealkylation sites (N-methyl/N-ethyl adjacent to an activating group) is 1. The van der Waals surface area contributed by atoms with Crippen molar-refractivity contribution in [3.05, 3.63) is 74.6 Å². The van der Waals surface area contributed by atoms with Gasteiger partial charge in [-0.15, -0.1) is 0 Å². The van der Waals surface area contributed by atoms with Crippen molar-refractivity contribution in [2.75, 3.05) is 58.1 Å². The first kappa shape index (κ1) is 46.4. The fourth-order valence-electron chi connectivity index (χ4n) is 8.34. The predicted octanol–water partition coefficient (Wildman–Crippen LogP) is 2.00. The zero-order chi connectivity index (χ0) is 46.9. The number of ether oxygens (including phenoxy) is 7. The largest absolute Gasteiger partial charge is 0.463 e. The molecule has 4 aliphatic heterocycles. The lowest BCUT2D eigenvalue weighted by atomic mass is 9.96. The lowest BCUT2D eigenvalue weighted by molar-refractivity contribution is -0.175. The van der Waals surface area contributed by atoms with Gasteiger partial charge in [-0.1, -0.05) is 6.07 Å². The van der Waals surface area contributed by atoms with Crippen LogP contribution in [0.1, 0.15) is 65.5 Å². The van der Waals surface area contributed by atoms with E-state index in [0.717, 1.165) is 47.6 Å². The normalized spacial score (nSPS) is 20.2. The summed E-state index contributed by atoms with van der Waals surface area (Å²) in [5.74, 6) is -0.0673. The van der Waals surface area contributed by atoms with Crippen LogP contribution >= 0.6 is 0 Å². The van der Waals surface area contributed by atoms with Gasteiger partial charge in [0.15, 0.2) is 17.6 Å². The predicted molar refractivity (Wildman–Crippen MR) is 231 cm³/mol. The molecule has 1 aliphatic carbocycles. The van der Waals surface area contributed by atoms with Gasteiger partial charge in [0, 0.05) is 55.3 Å². The number of benzene rings is 2. The molecule has 2 amide bonds. The van der Waals surface area contributed by atoms with Crippen molar-refractivity contribution in [3.63, 3.8) is 0 Å². The van der Waals surface area contributed by atoms with Gasteiger partial charge in [0.05, 0.1) is 53.1 Å². The molecule has 1 saturated heterocycles. The van der Waals surface area contributed by atoms with Crippen LogP contribution in [0.5, 0.6) is 17.2 Å². The van der Waals surface area contributed by atoms with Crippen LogP contribution in [0.4, 0.5) is 10.5 Å². The van der Waals surface area contributed by atoms with Crippen LogP contribution in [-0.2, 0) is 62.9 Å². The maximum Gasteiger partial charge on any atom is 0.411 e. The first-order valence-corrected chi connectivity index (χ1v) is 23.2. The van der Waals surface area contributed by atoms with Crippen molar-refractivity contribution < 1.29 is 71.0 Å². The van der Waals surface area contributed by atoms with Gasteiger partial charge in [-0.25, -0.2) is 23.0 Å². The van der Waals surface area contributed by atoms with E-state index in [1.807, 2.05) is 12.1 Å². The number of carbonyl (C=O) groups excluding carboxylic acids is 4. The number of aromatic nitrogens is 2. The molecular formula is C44H49N5O16S. The van der Waals surface area contributed by atoms with Crippen molar-refractivity contribution in [1.29, 1.82) is 0 Å². The molecule has 2 fully saturated rings. The summed E-state index contributed by atoms with van der Waals surface area (Å²) in [5.41, 5.74) is 4.39. The summed E-state index contributed by atoms with van der Waals surface area (Å²) >= 11 is 0. The lowest BCUT2D eigenvalue weighted by Gasteiger charge is -2.31. The molecule has 6 heterocycles. The molecule has 0 radical (unpaired) electrons. The number of esters is 1. The fourth-order valence-corrected chi connectivity index (χ4v) is 8.89. The molecule has 4 unspecified atom stereocenters. The number of nitrogens with one attached hydrogen (secondary N) is 2. The first-order valence-electron chi connectivity index (χ1n) is 21.1. The minimum Gasteiger partial charge on any atom is -0.463 e. The fraction of sp³-hybridized carbons (Fsp3) is 0.455. The Hall–Kier alpha value is -6.17. The van der Waals surface area contributed by atoms with Gasteiger partial charge < -0.3 is 63.4 Å². The van der Waals surface area contributed by atoms with Crippen molar-refractivity contribution >= 4 is 50.7 Å². The molecule has 352 valence electrons. The summed E-state index contributed by atoms with van der Waals surface area (Å²) in [4.78, 5) is 71.2. The molecule has 4 atom stereocenters. The maximum atomic E-state index is 14.2. The van der Waals surface area contributed by atoms with E-state index in [-0.39, 0.29) is 86.5 Å². The van der Waals surface area contributed by atoms with Gasteiger partial charge in [-0.2, -0.15) is 0 Å². The minimum atomic E-state index is -3.60. The van der Waals surface area contributed by atoms with Gasteiger partial charge in [0.1, 0.15) is 47.9 Å². The van der Waals surface area contributed by atoms with E-state index in [9.17, 15) is 37.5 Å². The molecule has 5 aliphatic rings. The first-order chi connectivity index (χ1) is 31.8. The number of pyridine rings is 2. The molecule has 9 rings (SSSR count). The van der Waals surface area contributed by atoms with Gasteiger partial charge in [-0.05, 0) is 61.2 Å². The minimum absolute atomic E-state index is 0.0491. The molecule has 4 N–H and O–H groups in total. The summed E-state index contributed by atoms with van der Waals surface area (Å²) < 4.78 is 66.1. The molecule has 21 nitrogen and oxygen atoms in total. The van der Waals surface area contributed by atoms with E-state index < -0.39 is 64.9 Å². The van der Waals surface area contributed by atoms with E-state index in [0.29, 0.717) is 40.3 Å². The molecule has 4 aromatic rings. The van der Waals surface area contributed by atoms with E-state index in [1.165, 1.54) is 12.1 Å². The number of cyclic esters (lactones) is 1. The lowest BCUT2D eigenvalue weighted by Crippen LogP contribution is -2.40. The van der Waals surface area contributed by atoms with Crippen LogP contribution < -0.4 is 30.4 Å². The Morgan fingerprint density at radius 3 is 2.55 bits per heavy atom. The van der Waals surface area contributed by atoms with Crippen molar-refractivity contribution in [2.24, 2.45) is 0 Å². The van der Waals surface area contributed by atoms with Gasteiger partial charge >= 0.3 is 12.1 Å². The number of aldehydes is 1. The Bertz CT molecular complexity index is 2740. The van der Waals surface area contributed by atoms with E-state index in [2.05, 4.69) is 10.6 Å². The highest BCUT2D eigenvalue weighted by Gasteiger charge is 2.39. The van der Waals surface area contributed by atoms with E-state index >= 15 is 0 Å². The van der Waals surface area contributed by atoms with Gasteiger partial charge in [0.2, 0.25) is 19.0 Å². The Morgan fingerprint density at radius 2 is 1.82 bits per heavy atom. The van der Waals surface area contributed by atoms with Crippen LogP contribution in [0.25, 0.3) is 22.3 Å². The summed E-state index contributed by atoms with van der Waals surface area (Å²) in [6.07, 6.45) is -1.45. The zero-order valence-electron chi connectivity index (χ0n) is 36.3. The number of hydrogen-bond acceptors (Lipinski definition) is 18. The number of aliphatic hydroxyl groups is 2. The topological polar surface area (TPSA) is 270 Å². The number of amides is 2. The van der Waals surface area contributed by atoms with Crippen LogP contribution in [-0.4, -0.2) is 129 Å². The molecule has 0 spiro atoms. The Kier molecular flexibility index (Phi) is 13.6. The third-order valence-corrected chi connectivity index (χ3v) is 12.5. The number of sulfone groups is 1. The molecule has 22 heteroatoms. The zero-order valence-corrected chi connectivity index (χ0v) is 37.1. The summed E-state index contributed by atoms with van der Waals surface area (Å²) in [7, 11) is -1.02. The quantitative estimate of drug-likeness (QED) is 0.0664. The Morgan fingerprint density at radius 1 is 1.05 bits per heavy atom. The maximum absolute atomic E-state index is 14.2. The highest BCUT2D eigenvalue weighted by molar-refractivity contribution is 7.90. The summed E-state index contributed by atoms with van der Waals surface area (Å²) in [5, 5.41) is 23.6. The van der Waals surface area contributed by atoms with Crippen molar-refractivity contribution in [1.82, 2.24) is 19.8 Å². The van der Waals surface area contributed by atoms with Crippen molar-refractivity contribution in [3.8, 4) is 28.6 Å². The summed E-state index contributed by atoms with van der Waals surface area (Å²) in [6.45, 7) is -1.34. The SMILES string of the molecule is CNCC(=O)Nc1cc(COC(=O)N(CCS(C)(=O)=O)COC2C(=O)OCc3c2cc2n(c3=O)Cc3c-2nc2cc4c(cc2c3C2CC2)OCO4)ccc1OC1CC(O)CC(C=O)O1.CO. The van der Waals surface area contributed by atoms with Gasteiger partial charge in [0.25, 0.3) is 5.56 Å². The summed E-state index contributed by atoms with van der Waals surface area (Å²) in [6, 6.07) is 10.00. The molecule has 1 saturated carbocycles. The number of fused-ring (bicyclic) bond motifs is 6. The van der Waals surface area contributed by atoms with E-state index in [1.54, 1.807) is 23.7 Å². The molecule has 2 aromatic heterocycles.